The second kappa shape index (κ2) is 8.53. The van der Waals surface area contributed by atoms with Crippen molar-refractivity contribution >= 4 is 29.1 Å². The van der Waals surface area contributed by atoms with Gasteiger partial charge < -0.3 is 37.1 Å². The van der Waals surface area contributed by atoms with E-state index in [0.717, 1.165) is 0 Å². The van der Waals surface area contributed by atoms with Gasteiger partial charge in [-0.15, -0.1) is 0 Å². The molecule has 0 saturated carbocycles. The van der Waals surface area contributed by atoms with Crippen molar-refractivity contribution in [1.82, 2.24) is 9.97 Å². The fraction of sp³-hybridized carbons (Fsp3) is 0. The van der Waals surface area contributed by atoms with Gasteiger partial charge in [0.2, 0.25) is 0 Å². The lowest BCUT2D eigenvalue weighted by atomic mass is 10.1. The third-order valence-corrected chi connectivity index (χ3v) is 3.79. The van der Waals surface area contributed by atoms with Crippen LogP contribution in [0.25, 0.3) is 0 Å². The fourth-order valence-electron chi connectivity index (χ4n) is 2.42. The quantitative estimate of drug-likeness (QED) is 0.250. The minimum absolute atomic E-state index is 0.141. The zero-order chi connectivity index (χ0) is 22.5. The van der Waals surface area contributed by atoms with Crippen LogP contribution >= 0.6 is 0 Å². The molecule has 2 aromatic carbocycles. The molecule has 0 spiro atoms. The molecule has 12 heteroatoms. The lowest BCUT2D eigenvalue weighted by Gasteiger charge is -2.13. The molecule has 0 radical (unpaired) electrons. The number of ether oxygens (including phenoxy) is 2. The number of aromatic carboxylic acids is 1. The highest BCUT2D eigenvalue weighted by atomic mass is 16.5. The Bertz CT molecular complexity index is 1220. The third-order valence-electron chi connectivity index (χ3n) is 3.79. The van der Waals surface area contributed by atoms with Gasteiger partial charge in [-0.25, -0.2) is 4.79 Å². The number of nitrogen functional groups attached to an aromatic ring is 2. The normalized spacial score (nSPS) is 10.0. The number of anilines is 3. The summed E-state index contributed by atoms with van der Waals surface area (Å²) in [5.41, 5.74) is 17.3. The maximum Gasteiger partial charge on any atom is 0.339 e. The predicted octanol–water partition coefficient (Wildman–Crippen LogP) is 2.10. The van der Waals surface area contributed by atoms with Crippen molar-refractivity contribution < 1.29 is 19.4 Å². The molecule has 0 amide bonds. The Morgan fingerprint density at radius 2 is 1.94 bits per heavy atom. The van der Waals surface area contributed by atoms with E-state index in [1.54, 1.807) is 18.2 Å². The largest absolute Gasteiger partial charge is 0.478 e. The molecule has 0 unspecified atom stereocenters. The van der Waals surface area contributed by atoms with Crippen molar-refractivity contribution in [2.45, 2.75) is 0 Å². The molecule has 0 aliphatic carbocycles. The van der Waals surface area contributed by atoms with E-state index >= 15 is 0 Å². The second-order valence-corrected chi connectivity index (χ2v) is 6.01. The molecule has 12 nitrogen and oxygen atoms in total. The van der Waals surface area contributed by atoms with Crippen molar-refractivity contribution in [2.24, 2.45) is 5.73 Å². The van der Waals surface area contributed by atoms with Crippen LogP contribution in [0.2, 0.25) is 0 Å². The lowest BCUT2D eigenvalue weighted by molar-refractivity contribution is 0.0694. The van der Waals surface area contributed by atoms with Crippen LogP contribution in [0.4, 0.5) is 17.2 Å². The fourth-order valence-corrected chi connectivity index (χ4v) is 2.42. The first-order valence-electron chi connectivity index (χ1n) is 8.54. The summed E-state index contributed by atoms with van der Waals surface area (Å²) < 4.78 is 11.1. The van der Waals surface area contributed by atoms with Gasteiger partial charge in [-0.1, -0.05) is 6.07 Å². The zero-order valence-corrected chi connectivity index (χ0v) is 15.8. The van der Waals surface area contributed by atoms with Gasteiger partial charge in [0, 0.05) is 11.8 Å². The number of carboxylic acids is 1. The van der Waals surface area contributed by atoms with E-state index in [2.05, 4.69) is 15.3 Å². The summed E-state index contributed by atoms with van der Waals surface area (Å²) in [6.07, 6.45) is 0. The van der Waals surface area contributed by atoms with Crippen LogP contribution in [0.15, 0.2) is 42.5 Å². The Hall–Kier alpha value is -5.05. The number of carbonyl (C=O) groups is 1. The van der Waals surface area contributed by atoms with Crippen LogP contribution in [-0.4, -0.2) is 27.0 Å². The van der Waals surface area contributed by atoms with Crippen molar-refractivity contribution in [3.8, 4) is 29.5 Å². The summed E-state index contributed by atoms with van der Waals surface area (Å²) >= 11 is 0. The molecule has 31 heavy (non-hydrogen) atoms. The monoisotopic (exact) mass is 420 g/mol. The number of hydrogen-bond acceptors (Lipinski definition) is 9. The number of nitrogens with one attached hydrogen (secondary N) is 2. The highest BCUT2D eigenvalue weighted by Gasteiger charge is 2.18. The average Bonchev–Trinajstić information content (AvgIpc) is 2.71. The van der Waals surface area contributed by atoms with Crippen molar-refractivity contribution in [3.05, 3.63) is 53.6 Å². The van der Waals surface area contributed by atoms with Crippen LogP contribution in [0.1, 0.15) is 15.9 Å². The van der Waals surface area contributed by atoms with E-state index in [0.29, 0.717) is 11.4 Å². The van der Waals surface area contributed by atoms with E-state index < -0.39 is 5.97 Å². The highest BCUT2D eigenvalue weighted by Crippen LogP contribution is 2.34. The molecular weight excluding hydrogens is 404 g/mol. The molecule has 3 aromatic rings. The Morgan fingerprint density at radius 3 is 2.61 bits per heavy atom. The Morgan fingerprint density at radius 1 is 1.16 bits per heavy atom. The number of hydrogen-bond donors (Lipinski definition) is 6. The van der Waals surface area contributed by atoms with E-state index in [9.17, 15) is 9.90 Å². The van der Waals surface area contributed by atoms with E-state index in [-0.39, 0.29) is 46.2 Å². The molecule has 1 aromatic heterocycles. The summed E-state index contributed by atoms with van der Waals surface area (Å²) in [5.74, 6) is -1.81. The van der Waals surface area contributed by atoms with Gasteiger partial charge in [-0.3, -0.25) is 5.41 Å². The summed E-state index contributed by atoms with van der Waals surface area (Å²) in [7, 11) is 0. The molecule has 156 valence electrons. The summed E-state index contributed by atoms with van der Waals surface area (Å²) in [4.78, 5) is 19.5. The number of nitriles is 1. The molecule has 0 atom stereocenters. The first-order valence-corrected chi connectivity index (χ1v) is 8.54. The summed E-state index contributed by atoms with van der Waals surface area (Å²) in [6.45, 7) is 0. The second-order valence-electron chi connectivity index (χ2n) is 6.01. The van der Waals surface area contributed by atoms with Crippen LogP contribution in [0, 0.1) is 16.7 Å². The smallest absolute Gasteiger partial charge is 0.339 e. The minimum atomic E-state index is -1.27. The predicted molar refractivity (Wildman–Crippen MR) is 111 cm³/mol. The Labute approximate surface area is 175 Å². The zero-order valence-electron chi connectivity index (χ0n) is 15.8. The van der Waals surface area contributed by atoms with Crippen LogP contribution < -0.4 is 32.0 Å². The summed E-state index contributed by atoms with van der Waals surface area (Å²) in [6, 6.07) is 11.9. The van der Waals surface area contributed by atoms with Gasteiger partial charge in [-0.2, -0.15) is 15.2 Å². The van der Waals surface area contributed by atoms with Gasteiger partial charge in [0.05, 0.1) is 11.6 Å². The Balaban J connectivity index is 1.95. The molecule has 0 aliphatic heterocycles. The first kappa shape index (κ1) is 20.7. The molecular formula is C19H16N8O4. The molecule has 1 heterocycles. The average molecular weight is 420 g/mol. The standard InChI is InChI=1S/C19H16N8O4/c20-8-9-4-5-12(17(28)29)13(6-9)31-16-14(21)15(22)26-19(27-16)30-11-3-1-2-10(7-11)25-18(23)24/h1-7H,21H2,(H,28,29)(H2,22,26,27)(H4,23,24,25). The van der Waals surface area contributed by atoms with Crippen molar-refractivity contribution in [2.75, 3.05) is 16.8 Å². The Kier molecular flexibility index (Phi) is 5.69. The van der Waals surface area contributed by atoms with Gasteiger partial charge in [-0.05, 0) is 30.3 Å². The molecule has 0 fully saturated rings. The minimum Gasteiger partial charge on any atom is -0.478 e. The van der Waals surface area contributed by atoms with E-state index in [1.807, 2.05) is 6.07 Å². The summed E-state index contributed by atoms with van der Waals surface area (Å²) in [5, 5.41) is 28.3. The van der Waals surface area contributed by atoms with Gasteiger partial charge in [0.25, 0.3) is 5.88 Å². The number of nitrogens with zero attached hydrogens (tertiary/aromatic N) is 3. The molecule has 0 bridgehead atoms. The number of nitrogens with two attached hydrogens (primary N) is 3. The van der Waals surface area contributed by atoms with Crippen molar-refractivity contribution in [3.63, 3.8) is 0 Å². The maximum absolute atomic E-state index is 11.5. The lowest BCUT2D eigenvalue weighted by Crippen LogP contribution is -2.20. The van der Waals surface area contributed by atoms with E-state index in [1.165, 1.54) is 24.3 Å². The van der Waals surface area contributed by atoms with Crippen LogP contribution in [0.3, 0.4) is 0 Å². The maximum atomic E-state index is 11.5. The number of benzene rings is 2. The van der Waals surface area contributed by atoms with Crippen LogP contribution in [0.5, 0.6) is 23.4 Å². The topological polar surface area (TPSA) is 219 Å². The molecule has 3 rings (SSSR count). The van der Waals surface area contributed by atoms with Gasteiger partial charge in [0.1, 0.15) is 22.7 Å². The molecule has 0 aliphatic rings. The molecule has 9 N–H and O–H groups in total. The van der Waals surface area contributed by atoms with Crippen molar-refractivity contribution in [1.29, 1.82) is 10.7 Å². The number of guanidine groups is 1. The molecule has 0 saturated heterocycles. The SMILES string of the molecule is N#Cc1ccc(C(=O)O)c(Oc2nc(Oc3cccc(NC(=N)N)c3)nc(N)c2N)c1. The van der Waals surface area contributed by atoms with Gasteiger partial charge >= 0.3 is 12.0 Å². The first-order chi connectivity index (χ1) is 14.8. The van der Waals surface area contributed by atoms with Gasteiger partial charge in [0.15, 0.2) is 11.8 Å². The van der Waals surface area contributed by atoms with E-state index in [4.69, 9.17) is 37.3 Å². The highest BCUT2D eigenvalue weighted by molar-refractivity contribution is 5.91. The number of aromatic nitrogens is 2. The van der Waals surface area contributed by atoms with Crippen LogP contribution in [-0.2, 0) is 0 Å². The number of rotatable bonds is 6. The third kappa shape index (κ3) is 4.87. The number of carboxylic acid groups (broad SMARTS) is 1.